The molecular weight excluding hydrogens is 638 g/mol. The molecule has 0 heterocycles. The molecule has 4 aromatic rings. The van der Waals surface area contributed by atoms with Gasteiger partial charge in [-0.25, -0.2) is 8.42 Å². The fourth-order valence-electron chi connectivity index (χ4n) is 5.58. The zero-order valence-electron chi connectivity index (χ0n) is 24.4. The van der Waals surface area contributed by atoms with Crippen LogP contribution in [0.3, 0.4) is 0 Å². The third-order valence-corrected chi connectivity index (χ3v) is 10.2. The number of hydrogen-bond acceptors (Lipinski definition) is 4. The minimum Gasteiger partial charge on any atom is -0.352 e. The van der Waals surface area contributed by atoms with Crippen molar-refractivity contribution in [2.75, 3.05) is 10.8 Å². The van der Waals surface area contributed by atoms with Crippen molar-refractivity contribution in [3.8, 4) is 0 Å². The number of benzene rings is 4. The van der Waals surface area contributed by atoms with Gasteiger partial charge in [-0.3, -0.25) is 13.9 Å². The molecule has 5 rings (SSSR count). The second kappa shape index (κ2) is 14.7. The molecular formula is C35H36BrN3O4S. The zero-order chi connectivity index (χ0) is 30.9. The predicted molar refractivity (Wildman–Crippen MR) is 176 cm³/mol. The lowest BCUT2D eigenvalue weighted by Gasteiger charge is -2.34. The van der Waals surface area contributed by atoms with E-state index in [-0.39, 0.29) is 23.4 Å². The van der Waals surface area contributed by atoms with Gasteiger partial charge in [-0.1, -0.05) is 114 Å². The minimum atomic E-state index is -4.13. The highest BCUT2D eigenvalue weighted by Gasteiger charge is 2.35. The Labute approximate surface area is 268 Å². The lowest BCUT2D eigenvalue weighted by atomic mass is 10.0. The van der Waals surface area contributed by atoms with Crippen LogP contribution in [0.5, 0.6) is 0 Å². The second-order valence-electron chi connectivity index (χ2n) is 11.0. The molecule has 0 saturated heterocycles. The molecule has 1 saturated carbocycles. The Bertz CT molecular complexity index is 1650. The number of carbonyl (C=O) groups excluding carboxylic acids is 2. The van der Waals surface area contributed by atoms with Crippen LogP contribution in [0.1, 0.15) is 36.8 Å². The second-order valence-corrected chi connectivity index (χ2v) is 13.8. The van der Waals surface area contributed by atoms with E-state index in [9.17, 15) is 18.0 Å². The van der Waals surface area contributed by atoms with Crippen LogP contribution < -0.4 is 9.62 Å². The SMILES string of the molecule is O=C(NC1CCCC1)C(Cc1ccccc1)N(Cc1ccccc1)C(=O)CN(c1cccc(Br)c1)S(=O)(=O)c1ccccc1. The van der Waals surface area contributed by atoms with Crippen LogP contribution in [-0.4, -0.2) is 43.8 Å². The van der Waals surface area contributed by atoms with Crippen molar-refractivity contribution in [2.24, 2.45) is 0 Å². The van der Waals surface area contributed by atoms with Gasteiger partial charge in [0.15, 0.2) is 0 Å². The highest BCUT2D eigenvalue weighted by Crippen LogP contribution is 2.27. The molecule has 1 N–H and O–H groups in total. The Morgan fingerprint density at radius 1 is 0.795 bits per heavy atom. The maximum Gasteiger partial charge on any atom is 0.264 e. The van der Waals surface area contributed by atoms with Gasteiger partial charge in [0.2, 0.25) is 11.8 Å². The maximum absolute atomic E-state index is 14.5. The molecule has 0 bridgehead atoms. The molecule has 2 amide bonds. The number of sulfonamides is 1. The Hall–Kier alpha value is -3.95. The van der Waals surface area contributed by atoms with Crippen LogP contribution in [0.2, 0.25) is 0 Å². The van der Waals surface area contributed by atoms with Crippen molar-refractivity contribution in [2.45, 2.75) is 55.6 Å². The van der Waals surface area contributed by atoms with E-state index in [4.69, 9.17) is 0 Å². The van der Waals surface area contributed by atoms with Crippen molar-refractivity contribution in [1.29, 1.82) is 0 Å². The van der Waals surface area contributed by atoms with Crippen molar-refractivity contribution in [1.82, 2.24) is 10.2 Å². The smallest absolute Gasteiger partial charge is 0.264 e. The topological polar surface area (TPSA) is 86.8 Å². The monoisotopic (exact) mass is 673 g/mol. The molecule has 1 unspecified atom stereocenters. The van der Waals surface area contributed by atoms with Gasteiger partial charge in [0.05, 0.1) is 10.6 Å². The van der Waals surface area contributed by atoms with E-state index in [0.29, 0.717) is 16.6 Å². The normalized spacial score (nSPS) is 14.1. The van der Waals surface area contributed by atoms with Crippen LogP contribution in [-0.2, 0) is 32.6 Å². The number of rotatable bonds is 12. The van der Waals surface area contributed by atoms with Crippen LogP contribution >= 0.6 is 15.9 Å². The van der Waals surface area contributed by atoms with E-state index >= 15 is 0 Å². The standard InChI is InChI=1S/C35H36BrN3O4S/c36-29-17-12-20-31(24-29)39(44(42,43)32-21-8-3-9-22-32)26-34(40)38(25-28-15-6-2-7-16-28)33(23-27-13-4-1-5-14-27)35(41)37-30-18-10-11-19-30/h1-9,12-17,20-22,24,30,33H,10-11,18-19,23,25-26H2,(H,37,41). The Kier molecular flexibility index (Phi) is 10.5. The zero-order valence-corrected chi connectivity index (χ0v) is 26.8. The summed E-state index contributed by atoms with van der Waals surface area (Å²) >= 11 is 3.44. The van der Waals surface area contributed by atoms with Crippen LogP contribution in [0.4, 0.5) is 5.69 Å². The van der Waals surface area contributed by atoms with Crippen molar-refractivity contribution in [3.63, 3.8) is 0 Å². The first-order valence-corrected chi connectivity index (χ1v) is 17.1. The summed E-state index contributed by atoms with van der Waals surface area (Å²) in [7, 11) is -4.13. The Morgan fingerprint density at radius 3 is 2.00 bits per heavy atom. The summed E-state index contributed by atoms with van der Waals surface area (Å²) in [6.07, 6.45) is 4.21. The molecule has 0 aliphatic heterocycles. The number of nitrogens with zero attached hydrogens (tertiary/aromatic N) is 2. The predicted octanol–water partition coefficient (Wildman–Crippen LogP) is 6.34. The van der Waals surface area contributed by atoms with Gasteiger partial charge in [0.25, 0.3) is 10.0 Å². The molecule has 1 aliphatic rings. The van der Waals surface area contributed by atoms with Gasteiger partial charge in [-0.15, -0.1) is 0 Å². The maximum atomic E-state index is 14.5. The molecule has 0 radical (unpaired) electrons. The van der Waals surface area contributed by atoms with Crippen molar-refractivity contribution < 1.29 is 18.0 Å². The molecule has 1 fully saturated rings. The first-order valence-electron chi connectivity index (χ1n) is 14.8. The Balaban J connectivity index is 1.55. The van der Waals surface area contributed by atoms with Gasteiger partial charge in [0.1, 0.15) is 12.6 Å². The lowest BCUT2D eigenvalue weighted by Crippen LogP contribution is -2.54. The van der Waals surface area contributed by atoms with E-state index < -0.39 is 28.5 Å². The van der Waals surface area contributed by atoms with Gasteiger partial charge >= 0.3 is 0 Å². The first kappa shape index (κ1) is 31.5. The average Bonchev–Trinajstić information content (AvgIpc) is 3.56. The number of nitrogens with one attached hydrogen (secondary N) is 1. The molecule has 1 aliphatic carbocycles. The van der Waals surface area contributed by atoms with E-state index in [1.807, 2.05) is 60.7 Å². The molecule has 44 heavy (non-hydrogen) atoms. The van der Waals surface area contributed by atoms with Crippen molar-refractivity contribution >= 4 is 43.5 Å². The summed E-state index contributed by atoms with van der Waals surface area (Å²) in [4.78, 5) is 30.1. The largest absolute Gasteiger partial charge is 0.352 e. The fraction of sp³-hybridized carbons (Fsp3) is 0.257. The third kappa shape index (κ3) is 7.95. The lowest BCUT2D eigenvalue weighted by molar-refractivity contribution is -0.140. The Morgan fingerprint density at radius 2 is 1.39 bits per heavy atom. The summed E-state index contributed by atoms with van der Waals surface area (Å²) < 4.78 is 29.9. The van der Waals surface area contributed by atoms with Crippen LogP contribution in [0, 0.1) is 0 Å². The highest BCUT2D eigenvalue weighted by atomic mass is 79.9. The summed E-state index contributed by atoms with van der Waals surface area (Å²) in [5.74, 6) is -0.708. The first-order chi connectivity index (χ1) is 21.3. The fourth-order valence-corrected chi connectivity index (χ4v) is 7.40. The minimum absolute atomic E-state index is 0.0612. The molecule has 9 heteroatoms. The van der Waals surface area contributed by atoms with Gasteiger partial charge in [0, 0.05) is 23.5 Å². The van der Waals surface area contributed by atoms with Crippen LogP contribution in [0.15, 0.2) is 125 Å². The third-order valence-electron chi connectivity index (χ3n) is 7.87. The number of hydrogen-bond donors (Lipinski definition) is 1. The number of anilines is 1. The number of amides is 2. The molecule has 1 atom stereocenters. The average molecular weight is 675 g/mol. The summed E-state index contributed by atoms with van der Waals surface area (Å²) in [5, 5.41) is 3.20. The van der Waals surface area contributed by atoms with E-state index in [1.54, 1.807) is 42.5 Å². The van der Waals surface area contributed by atoms with E-state index in [0.717, 1.165) is 41.1 Å². The van der Waals surface area contributed by atoms with Crippen molar-refractivity contribution in [3.05, 3.63) is 131 Å². The summed E-state index contributed by atoms with van der Waals surface area (Å²) in [6.45, 7) is -0.338. The van der Waals surface area contributed by atoms with Crippen LogP contribution in [0.25, 0.3) is 0 Å². The number of carbonyl (C=O) groups is 2. The van der Waals surface area contributed by atoms with Gasteiger partial charge in [-0.2, -0.15) is 0 Å². The van der Waals surface area contributed by atoms with Gasteiger partial charge in [-0.05, 0) is 54.3 Å². The molecule has 0 aromatic heterocycles. The number of halogens is 1. The van der Waals surface area contributed by atoms with E-state index in [2.05, 4.69) is 21.2 Å². The van der Waals surface area contributed by atoms with Gasteiger partial charge < -0.3 is 10.2 Å². The highest BCUT2D eigenvalue weighted by molar-refractivity contribution is 9.10. The molecule has 4 aromatic carbocycles. The molecule has 7 nitrogen and oxygen atoms in total. The molecule has 0 spiro atoms. The molecule has 228 valence electrons. The summed E-state index contributed by atoms with van der Waals surface area (Å²) in [5.41, 5.74) is 2.09. The summed E-state index contributed by atoms with van der Waals surface area (Å²) in [6, 6.07) is 33.2. The van der Waals surface area contributed by atoms with E-state index in [1.165, 1.54) is 17.0 Å². The quantitative estimate of drug-likeness (QED) is 0.190.